The Kier molecular flexibility index (Phi) is 4.53. The van der Waals surface area contributed by atoms with Crippen LogP contribution in [0, 0.1) is 11.6 Å². The summed E-state index contributed by atoms with van der Waals surface area (Å²) in [6.45, 7) is 0.215. The van der Waals surface area contributed by atoms with Crippen molar-refractivity contribution < 1.29 is 18.3 Å². The number of halogens is 3. The minimum absolute atomic E-state index is 0.00912. The van der Waals surface area contributed by atoms with Crippen molar-refractivity contribution >= 4 is 39.3 Å². The van der Waals surface area contributed by atoms with Crippen LogP contribution >= 0.6 is 11.6 Å². The van der Waals surface area contributed by atoms with Crippen LogP contribution in [0.3, 0.4) is 0 Å². The van der Waals surface area contributed by atoms with Crippen LogP contribution in [0.15, 0.2) is 35.1 Å². The molecule has 1 aromatic carbocycles. The lowest BCUT2D eigenvalue weighted by Crippen LogP contribution is -2.37. The molecule has 158 valence electrons. The fourth-order valence-electron chi connectivity index (χ4n) is 3.98. The van der Waals surface area contributed by atoms with E-state index in [9.17, 15) is 18.4 Å². The van der Waals surface area contributed by atoms with Gasteiger partial charge in [0.2, 0.25) is 0 Å². The lowest BCUT2D eigenvalue weighted by Gasteiger charge is -2.33. The van der Waals surface area contributed by atoms with Gasteiger partial charge in [-0.05, 0) is 35.7 Å². The number of ether oxygens (including phenoxy) is 1. The van der Waals surface area contributed by atoms with E-state index < -0.39 is 23.2 Å². The number of benzene rings is 1. The van der Waals surface area contributed by atoms with Crippen molar-refractivity contribution in [1.29, 1.82) is 0 Å². The average molecular weight is 445 g/mol. The Hall–Kier alpha value is -3.30. The summed E-state index contributed by atoms with van der Waals surface area (Å²) in [6, 6.07) is 6.14. The van der Waals surface area contributed by atoms with Gasteiger partial charge in [-0.1, -0.05) is 11.6 Å². The molecule has 10 heteroatoms. The van der Waals surface area contributed by atoms with Crippen LogP contribution in [0.2, 0.25) is 5.15 Å². The van der Waals surface area contributed by atoms with Gasteiger partial charge in [0.15, 0.2) is 11.6 Å². The summed E-state index contributed by atoms with van der Waals surface area (Å²) in [5, 5.41) is 0.559. The SMILES string of the molecule is CN(C(=O)c1cc2nc(Cl)ccc2[nH]1)C1COCc2[nH]c(=O)c3cc(F)c(F)cc3c21. The maximum absolute atomic E-state index is 14.0. The Labute approximate surface area is 178 Å². The van der Waals surface area contributed by atoms with Gasteiger partial charge in [0, 0.05) is 18.3 Å². The van der Waals surface area contributed by atoms with Crippen LogP contribution in [0.5, 0.6) is 0 Å². The molecular weight excluding hydrogens is 430 g/mol. The predicted octanol–water partition coefficient (Wildman–Crippen LogP) is 3.68. The van der Waals surface area contributed by atoms with Gasteiger partial charge in [-0.15, -0.1) is 0 Å². The number of fused-ring (bicyclic) bond motifs is 4. The van der Waals surface area contributed by atoms with E-state index in [-0.39, 0.29) is 35.6 Å². The van der Waals surface area contributed by atoms with Gasteiger partial charge in [0.05, 0.1) is 35.7 Å². The molecule has 31 heavy (non-hydrogen) atoms. The monoisotopic (exact) mass is 444 g/mol. The standard InChI is InChI=1S/C21H15ClF2N4O3/c1-28(21(30)15-6-14-13(25-15)2-3-18(22)26-14)17-8-31-7-16-19(17)9-4-11(23)12(24)5-10(9)20(29)27-16/h2-6,17,25H,7-8H2,1H3,(H,27,29). The number of rotatable bonds is 2. The van der Waals surface area contributed by atoms with E-state index in [2.05, 4.69) is 15.0 Å². The maximum atomic E-state index is 14.0. The maximum Gasteiger partial charge on any atom is 0.270 e. The molecule has 0 bridgehead atoms. The van der Waals surface area contributed by atoms with Crippen molar-refractivity contribution in [1.82, 2.24) is 19.9 Å². The van der Waals surface area contributed by atoms with Crippen LogP contribution in [-0.4, -0.2) is 39.4 Å². The second kappa shape index (κ2) is 7.14. The Morgan fingerprint density at radius 2 is 1.94 bits per heavy atom. The number of H-pyrrole nitrogens is 2. The first-order valence-electron chi connectivity index (χ1n) is 9.37. The molecule has 1 unspecified atom stereocenters. The molecule has 0 radical (unpaired) electrons. The van der Waals surface area contributed by atoms with Gasteiger partial charge in [-0.25, -0.2) is 13.8 Å². The molecule has 0 saturated heterocycles. The summed E-state index contributed by atoms with van der Waals surface area (Å²) in [5.74, 6) is -2.55. The third-order valence-electron chi connectivity index (χ3n) is 5.50. The number of hydrogen-bond donors (Lipinski definition) is 2. The summed E-state index contributed by atoms with van der Waals surface area (Å²) in [5.41, 5.74) is 1.86. The molecule has 0 spiro atoms. The summed E-state index contributed by atoms with van der Waals surface area (Å²) in [4.78, 5) is 36.9. The number of nitrogens with zero attached hydrogens (tertiary/aromatic N) is 2. The normalized spacial score (nSPS) is 15.9. The van der Waals surface area contributed by atoms with Crippen molar-refractivity contribution in [2.45, 2.75) is 12.6 Å². The highest BCUT2D eigenvalue weighted by molar-refractivity contribution is 6.29. The van der Waals surface area contributed by atoms with Gasteiger partial charge in [-0.3, -0.25) is 9.59 Å². The first-order chi connectivity index (χ1) is 14.8. The molecule has 5 rings (SSSR count). The number of carbonyl (C=O) groups excluding carboxylic acids is 1. The molecular formula is C21H15ClF2N4O3. The number of pyridine rings is 2. The molecule has 3 aromatic heterocycles. The summed E-state index contributed by atoms with van der Waals surface area (Å²) in [7, 11) is 1.58. The molecule has 4 heterocycles. The van der Waals surface area contributed by atoms with Gasteiger partial charge >= 0.3 is 0 Å². The van der Waals surface area contributed by atoms with Gasteiger partial charge < -0.3 is 19.6 Å². The van der Waals surface area contributed by atoms with E-state index in [4.69, 9.17) is 16.3 Å². The topological polar surface area (TPSA) is 91.1 Å². The molecule has 1 amide bonds. The highest BCUT2D eigenvalue weighted by Crippen LogP contribution is 2.34. The second-order valence-corrected chi connectivity index (χ2v) is 7.74. The number of amides is 1. The molecule has 7 nitrogen and oxygen atoms in total. The van der Waals surface area contributed by atoms with E-state index >= 15 is 0 Å². The summed E-state index contributed by atoms with van der Waals surface area (Å²) in [6.07, 6.45) is 0. The van der Waals surface area contributed by atoms with E-state index in [0.29, 0.717) is 27.4 Å². The van der Waals surface area contributed by atoms with Crippen molar-refractivity contribution in [3.63, 3.8) is 0 Å². The fourth-order valence-corrected chi connectivity index (χ4v) is 4.13. The highest BCUT2D eigenvalue weighted by atomic mass is 35.5. The lowest BCUT2D eigenvalue weighted by atomic mass is 9.95. The molecule has 1 aliphatic rings. The molecule has 0 saturated carbocycles. The van der Waals surface area contributed by atoms with E-state index in [1.807, 2.05) is 0 Å². The zero-order valence-electron chi connectivity index (χ0n) is 16.1. The van der Waals surface area contributed by atoms with Crippen molar-refractivity contribution in [2.24, 2.45) is 0 Å². The second-order valence-electron chi connectivity index (χ2n) is 7.36. The molecule has 1 aliphatic heterocycles. The highest BCUT2D eigenvalue weighted by Gasteiger charge is 2.32. The smallest absolute Gasteiger partial charge is 0.270 e. The van der Waals surface area contributed by atoms with Crippen LogP contribution in [0.25, 0.3) is 21.8 Å². The Bertz CT molecular complexity index is 1430. The minimum Gasteiger partial charge on any atom is -0.373 e. The quantitative estimate of drug-likeness (QED) is 0.461. The largest absolute Gasteiger partial charge is 0.373 e. The summed E-state index contributed by atoms with van der Waals surface area (Å²) < 4.78 is 33.4. The first-order valence-corrected chi connectivity index (χ1v) is 9.75. The minimum atomic E-state index is -1.12. The average Bonchev–Trinajstić information content (AvgIpc) is 3.17. The van der Waals surface area contributed by atoms with Crippen molar-refractivity contribution in [2.75, 3.05) is 13.7 Å². The predicted molar refractivity (Wildman–Crippen MR) is 110 cm³/mol. The van der Waals surface area contributed by atoms with E-state index in [1.54, 1.807) is 25.2 Å². The number of likely N-dealkylation sites (N-methyl/N-ethyl adjacent to an activating group) is 1. The third kappa shape index (κ3) is 3.17. The molecule has 4 aromatic rings. The van der Waals surface area contributed by atoms with Crippen LogP contribution in [-0.2, 0) is 11.3 Å². The molecule has 1 atom stereocenters. The number of carbonyl (C=O) groups is 1. The number of aromatic nitrogens is 3. The summed E-state index contributed by atoms with van der Waals surface area (Å²) >= 11 is 5.92. The van der Waals surface area contributed by atoms with Crippen molar-refractivity contribution in [3.8, 4) is 0 Å². The number of nitrogens with one attached hydrogen (secondary N) is 2. The lowest BCUT2D eigenvalue weighted by molar-refractivity contribution is 0.0333. The first kappa shape index (κ1) is 19.7. The van der Waals surface area contributed by atoms with Crippen LogP contribution in [0.1, 0.15) is 27.8 Å². The molecule has 0 aliphatic carbocycles. The molecule has 2 N–H and O–H groups in total. The van der Waals surface area contributed by atoms with Gasteiger partial charge in [-0.2, -0.15) is 0 Å². The van der Waals surface area contributed by atoms with E-state index in [0.717, 1.165) is 12.1 Å². The van der Waals surface area contributed by atoms with E-state index in [1.165, 1.54) is 4.90 Å². The van der Waals surface area contributed by atoms with Gasteiger partial charge in [0.25, 0.3) is 11.5 Å². The Morgan fingerprint density at radius 1 is 1.19 bits per heavy atom. The Balaban J connectivity index is 1.61. The van der Waals surface area contributed by atoms with Gasteiger partial charge in [0.1, 0.15) is 10.8 Å². The zero-order chi connectivity index (χ0) is 21.9. The number of hydrogen-bond acceptors (Lipinski definition) is 4. The van der Waals surface area contributed by atoms with Crippen LogP contribution in [0.4, 0.5) is 8.78 Å². The third-order valence-corrected chi connectivity index (χ3v) is 5.71. The molecule has 0 fully saturated rings. The van der Waals surface area contributed by atoms with Crippen molar-refractivity contribution in [3.05, 3.63) is 74.4 Å². The fraction of sp³-hybridized carbons (Fsp3) is 0.190. The number of aromatic amines is 2. The zero-order valence-corrected chi connectivity index (χ0v) is 16.9. The van der Waals surface area contributed by atoms with Crippen LogP contribution < -0.4 is 5.56 Å². The Morgan fingerprint density at radius 3 is 2.71 bits per heavy atom.